The maximum atomic E-state index is 13.0. The van der Waals surface area contributed by atoms with Crippen LogP contribution in [0.2, 0.25) is 0 Å². The van der Waals surface area contributed by atoms with Gasteiger partial charge in [-0.1, -0.05) is 48.5 Å². The number of hydrogen-bond donors (Lipinski definition) is 1. The Hall–Kier alpha value is -2.73. The van der Waals surface area contributed by atoms with Crippen LogP contribution in [-0.4, -0.2) is 15.1 Å². The zero-order chi connectivity index (χ0) is 20.0. The molecule has 1 N–H and O–H groups in total. The van der Waals surface area contributed by atoms with E-state index in [1.807, 2.05) is 30.3 Å². The first-order valence-electron chi connectivity index (χ1n) is 9.07. The summed E-state index contributed by atoms with van der Waals surface area (Å²) in [4.78, 5) is 8.19. The van der Waals surface area contributed by atoms with Crippen molar-refractivity contribution in [2.24, 2.45) is 0 Å². The molecule has 1 aromatic heterocycles. The smallest absolute Gasteiger partial charge is 0.392 e. The van der Waals surface area contributed by atoms with E-state index in [-0.39, 0.29) is 18.6 Å². The van der Waals surface area contributed by atoms with Crippen molar-refractivity contribution in [2.45, 2.75) is 38.0 Å². The Balaban J connectivity index is 0.000000236. The third-order valence-corrected chi connectivity index (χ3v) is 4.52. The fourth-order valence-electron chi connectivity index (χ4n) is 2.97. The molecule has 3 nitrogen and oxygen atoms in total. The fourth-order valence-corrected chi connectivity index (χ4v) is 2.97. The van der Waals surface area contributed by atoms with Crippen LogP contribution in [0.15, 0.2) is 67.1 Å². The van der Waals surface area contributed by atoms with Crippen molar-refractivity contribution in [1.82, 2.24) is 9.97 Å². The van der Waals surface area contributed by atoms with Gasteiger partial charge >= 0.3 is 6.18 Å². The van der Waals surface area contributed by atoms with E-state index in [0.29, 0.717) is 5.92 Å². The van der Waals surface area contributed by atoms with Crippen molar-refractivity contribution in [3.05, 3.63) is 95.1 Å². The molecule has 6 heteroatoms. The van der Waals surface area contributed by atoms with E-state index in [1.165, 1.54) is 18.5 Å². The molecule has 28 heavy (non-hydrogen) atoms. The summed E-state index contributed by atoms with van der Waals surface area (Å²) >= 11 is 0. The van der Waals surface area contributed by atoms with Crippen LogP contribution in [0.25, 0.3) is 0 Å². The zero-order valence-corrected chi connectivity index (χ0v) is 15.2. The van der Waals surface area contributed by atoms with Gasteiger partial charge in [-0.25, -0.2) is 9.97 Å². The molecule has 2 aromatic carbocycles. The van der Waals surface area contributed by atoms with Crippen molar-refractivity contribution in [3.63, 3.8) is 0 Å². The lowest BCUT2D eigenvalue weighted by molar-refractivity contribution is -0.138. The van der Waals surface area contributed by atoms with Gasteiger partial charge < -0.3 is 5.11 Å². The summed E-state index contributed by atoms with van der Waals surface area (Å²) in [5.74, 6) is 0.394. The van der Waals surface area contributed by atoms with Crippen LogP contribution in [0.3, 0.4) is 0 Å². The third-order valence-electron chi connectivity index (χ3n) is 4.52. The number of nitrogens with zero attached hydrogens (tertiary/aromatic N) is 2. The number of hydrogen-bond acceptors (Lipinski definition) is 3. The van der Waals surface area contributed by atoms with E-state index in [4.69, 9.17) is 5.11 Å². The molecule has 1 aliphatic carbocycles. The van der Waals surface area contributed by atoms with Crippen LogP contribution in [0.1, 0.15) is 46.7 Å². The molecule has 1 heterocycles. The highest BCUT2D eigenvalue weighted by Gasteiger charge is 2.33. The van der Waals surface area contributed by atoms with E-state index >= 15 is 0 Å². The SMILES string of the molecule is FC(F)(F)c1ccccc1Cc1cncnc1C1CC1.OCc1ccccc1. The summed E-state index contributed by atoms with van der Waals surface area (Å²) in [6.45, 7) is 0.140. The van der Waals surface area contributed by atoms with Crippen LogP contribution in [0.4, 0.5) is 13.2 Å². The van der Waals surface area contributed by atoms with Gasteiger partial charge in [0.2, 0.25) is 0 Å². The second-order valence-electron chi connectivity index (χ2n) is 6.68. The molecule has 0 amide bonds. The lowest BCUT2D eigenvalue weighted by Gasteiger charge is -2.13. The van der Waals surface area contributed by atoms with Gasteiger partial charge in [-0.05, 0) is 35.6 Å². The maximum Gasteiger partial charge on any atom is 0.416 e. The topological polar surface area (TPSA) is 46.0 Å². The maximum absolute atomic E-state index is 13.0. The highest BCUT2D eigenvalue weighted by molar-refractivity contribution is 5.36. The van der Waals surface area contributed by atoms with Gasteiger partial charge in [-0.15, -0.1) is 0 Å². The van der Waals surface area contributed by atoms with Gasteiger partial charge in [0.1, 0.15) is 6.33 Å². The third kappa shape index (κ3) is 5.39. The quantitative estimate of drug-likeness (QED) is 0.675. The molecule has 146 valence electrons. The predicted molar refractivity (Wildman–Crippen MR) is 101 cm³/mol. The summed E-state index contributed by atoms with van der Waals surface area (Å²) in [5, 5.41) is 8.54. The predicted octanol–water partition coefficient (Wildman–Crippen LogP) is 5.14. The highest BCUT2D eigenvalue weighted by atomic mass is 19.4. The number of rotatable bonds is 4. The Morgan fingerprint density at radius 3 is 2.21 bits per heavy atom. The highest BCUT2D eigenvalue weighted by Crippen LogP contribution is 2.41. The number of alkyl halides is 3. The zero-order valence-electron chi connectivity index (χ0n) is 15.2. The number of halogens is 3. The summed E-state index contributed by atoms with van der Waals surface area (Å²) in [5.41, 5.74) is 2.36. The number of benzene rings is 2. The number of aliphatic hydroxyl groups excluding tert-OH is 1. The molecule has 0 radical (unpaired) electrons. The fraction of sp³-hybridized carbons (Fsp3) is 0.273. The van der Waals surface area contributed by atoms with E-state index in [0.717, 1.165) is 35.7 Å². The molecule has 0 unspecified atom stereocenters. The van der Waals surface area contributed by atoms with Gasteiger partial charge in [0.25, 0.3) is 0 Å². The van der Waals surface area contributed by atoms with E-state index in [9.17, 15) is 13.2 Å². The van der Waals surface area contributed by atoms with Crippen LogP contribution in [-0.2, 0) is 19.2 Å². The van der Waals surface area contributed by atoms with Crippen molar-refractivity contribution < 1.29 is 18.3 Å². The van der Waals surface area contributed by atoms with Crippen LogP contribution >= 0.6 is 0 Å². The average molecular weight is 386 g/mol. The molecule has 0 saturated heterocycles. The molecule has 3 aromatic rings. The first-order valence-corrected chi connectivity index (χ1v) is 9.07. The molecule has 1 fully saturated rings. The molecule has 1 aliphatic rings. The van der Waals surface area contributed by atoms with Crippen LogP contribution in [0.5, 0.6) is 0 Å². The minimum atomic E-state index is -4.33. The first kappa shape index (κ1) is 20.0. The summed E-state index contributed by atoms with van der Waals surface area (Å²) in [6, 6.07) is 15.2. The standard InChI is InChI=1S/C15H13F3N2.C7H8O/c16-15(17,18)13-4-2-1-3-11(13)7-12-8-19-9-20-14(12)10-5-6-10;8-6-7-4-2-1-3-5-7/h1-4,8-10H,5-7H2;1-5,8H,6H2. The van der Waals surface area contributed by atoms with E-state index in [2.05, 4.69) is 9.97 Å². The number of aliphatic hydroxyl groups is 1. The summed E-state index contributed by atoms with van der Waals surface area (Å²) in [7, 11) is 0. The Morgan fingerprint density at radius 1 is 0.929 bits per heavy atom. The molecule has 0 aliphatic heterocycles. The van der Waals surface area contributed by atoms with Gasteiger partial charge in [0, 0.05) is 18.5 Å². The molecular formula is C22H21F3N2O. The Labute approximate surface area is 161 Å². The van der Waals surface area contributed by atoms with Gasteiger partial charge in [-0.3, -0.25) is 0 Å². The van der Waals surface area contributed by atoms with Crippen LogP contribution in [0, 0.1) is 0 Å². The Kier molecular flexibility index (Phi) is 6.41. The van der Waals surface area contributed by atoms with Gasteiger partial charge in [0.15, 0.2) is 0 Å². The minimum Gasteiger partial charge on any atom is -0.392 e. The second-order valence-corrected chi connectivity index (χ2v) is 6.68. The largest absolute Gasteiger partial charge is 0.416 e. The van der Waals surface area contributed by atoms with Crippen molar-refractivity contribution in [2.75, 3.05) is 0 Å². The summed E-state index contributed by atoms with van der Waals surface area (Å²) < 4.78 is 39.0. The normalized spacial score (nSPS) is 13.6. The summed E-state index contributed by atoms with van der Waals surface area (Å²) in [6.07, 6.45) is 1.12. The molecule has 1 saturated carbocycles. The van der Waals surface area contributed by atoms with Crippen molar-refractivity contribution in [3.8, 4) is 0 Å². The second kappa shape index (κ2) is 8.97. The number of aromatic nitrogens is 2. The molecule has 0 atom stereocenters. The van der Waals surface area contributed by atoms with Crippen molar-refractivity contribution >= 4 is 0 Å². The molecule has 0 bridgehead atoms. The van der Waals surface area contributed by atoms with Crippen molar-refractivity contribution in [1.29, 1.82) is 0 Å². The average Bonchev–Trinajstić information content (AvgIpc) is 3.54. The lowest BCUT2D eigenvalue weighted by atomic mass is 9.98. The van der Waals surface area contributed by atoms with E-state index < -0.39 is 11.7 Å². The minimum absolute atomic E-state index is 0.140. The molecule has 4 rings (SSSR count). The molecule has 0 spiro atoms. The van der Waals surface area contributed by atoms with Gasteiger partial charge in [-0.2, -0.15) is 13.2 Å². The Morgan fingerprint density at radius 2 is 1.61 bits per heavy atom. The van der Waals surface area contributed by atoms with Crippen LogP contribution < -0.4 is 0 Å². The lowest BCUT2D eigenvalue weighted by Crippen LogP contribution is -2.10. The van der Waals surface area contributed by atoms with E-state index in [1.54, 1.807) is 12.3 Å². The molecular weight excluding hydrogens is 365 g/mol. The Bertz CT molecular complexity index is 894. The van der Waals surface area contributed by atoms with Gasteiger partial charge in [0.05, 0.1) is 17.9 Å². The monoisotopic (exact) mass is 386 g/mol. The first-order chi connectivity index (χ1) is 13.5.